The Morgan fingerprint density at radius 1 is 1.23 bits per heavy atom. The predicted molar refractivity (Wildman–Crippen MR) is 97.1 cm³/mol. The Kier molecular flexibility index (Phi) is 6.21. The van der Waals surface area contributed by atoms with Gasteiger partial charge in [0.05, 0.1) is 5.69 Å². The monoisotopic (exact) mass is 377 g/mol. The molecule has 0 aliphatic carbocycles. The van der Waals surface area contributed by atoms with Crippen molar-refractivity contribution in [2.75, 3.05) is 6.61 Å². The van der Waals surface area contributed by atoms with Crippen LogP contribution in [0.5, 0.6) is 5.75 Å². The van der Waals surface area contributed by atoms with Gasteiger partial charge >= 0.3 is 5.97 Å². The molecular formula is C19H20ClNO5. The van der Waals surface area contributed by atoms with Crippen molar-refractivity contribution in [1.82, 2.24) is 4.98 Å². The standard InChI is InChI=1S/C19H20ClNO5/c1-10-17(12(3)22)11(2)21-18(10)19(24)13(4)26-16(23)9-25-15-7-5-6-14(20)8-15/h5-8,13,21H,9H2,1-4H3/t13-/m0/s1. The van der Waals surface area contributed by atoms with Crippen LogP contribution >= 0.6 is 11.6 Å². The molecule has 1 atom stereocenters. The first-order chi connectivity index (χ1) is 12.2. The number of hydrogen-bond donors (Lipinski definition) is 1. The fourth-order valence-corrected chi connectivity index (χ4v) is 2.89. The maximum Gasteiger partial charge on any atom is 0.344 e. The number of rotatable bonds is 7. The summed E-state index contributed by atoms with van der Waals surface area (Å²) in [4.78, 5) is 39.0. The van der Waals surface area contributed by atoms with Crippen molar-refractivity contribution in [2.45, 2.75) is 33.8 Å². The van der Waals surface area contributed by atoms with E-state index in [1.807, 2.05) is 0 Å². The van der Waals surface area contributed by atoms with E-state index in [1.54, 1.807) is 38.1 Å². The van der Waals surface area contributed by atoms with E-state index in [9.17, 15) is 14.4 Å². The van der Waals surface area contributed by atoms with Gasteiger partial charge in [-0.1, -0.05) is 17.7 Å². The van der Waals surface area contributed by atoms with Gasteiger partial charge in [-0.25, -0.2) is 4.79 Å². The van der Waals surface area contributed by atoms with Gasteiger partial charge in [-0.15, -0.1) is 0 Å². The SMILES string of the molecule is CC(=O)c1c(C)[nH]c(C(=O)[C@H](C)OC(=O)COc2cccc(Cl)c2)c1C. The largest absolute Gasteiger partial charge is 0.482 e. The summed E-state index contributed by atoms with van der Waals surface area (Å²) in [6.45, 7) is 5.97. The van der Waals surface area contributed by atoms with Crippen LogP contribution in [0.25, 0.3) is 0 Å². The third-order valence-corrected chi connectivity index (χ3v) is 4.10. The number of Topliss-reactive ketones (excluding diaryl/α,β-unsaturated/α-hetero) is 2. The highest BCUT2D eigenvalue weighted by atomic mass is 35.5. The van der Waals surface area contributed by atoms with E-state index in [0.717, 1.165) is 0 Å². The maximum absolute atomic E-state index is 12.5. The van der Waals surface area contributed by atoms with Crippen molar-refractivity contribution < 1.29 is 23.9 Å². The van der Waals surface area contributed by atoms with Crippen molar-refractivity contribution in [1.29, 1.82) is 0 Å². The average molecular weight is 378 g/mol. The summed E-state index contributed by atoms with van der Waals surface area (Å²) in [5.41, 5.74) is 1.92. The van der Waals surface area contributed by atoms with E-state index in [-0.39, 0.29) is 18.1 Å². The quantitative estimate of drug-likeness (QED) is 0.587. The van der Waals surface area contributed by atoms with Gasteiger partial charge in [0.15, 0.2) is 18.5 Å². The highest BCUT2D eigenvalue weighted by Gasteiger charge is 2.26. The number of benzene rings is 1. The predicted octanol–water partition coefficient (Wildman–Crippen LogP) is 3.68. The lowest BCUT2D eigenvalue weighted by molar-refractivity contribution is -0.148. The van der Waals surface area contributed by atoms with E-state index in [2.05, 4.69) is 4.98 Å². The third-order valence-electron chi connectivity index (χ3n) is 3.87. The van der Waals surface area contributed by atoms with E-state index < -0.39 is 17.9 Å². The number of ether oxygens (including phenoxy) is 2. The van der Waals surface area contributed by atoms with Crippen LogP contribution in [0.15, 0.2) is 24.3 Å². The molecule has 0 saturated carbocycles. The summed E-state index contributed by atoms with van der Waals surface area (Å²) >= 11 is 5.84. The van der Waals surface area contributed by atoms with Gasteiger partial charge in [-0.2, -0.15) is 0 Å². The number of ketones is 2. The lowest BCUT2D eigenvalue weighted by atomic mass is 10.0. The van der Waals surface area contributed by atoms with E-state index >= 15 is 0 Å². The normalized spacial score (nSPS) is 11.7. The lowest BCUT2D eigenvalue weighted by Crippen LogP contribution is -2.28. The lowest BCUT2D eigenvalue weighted by Gasteiger charge is -2.13. The van der Waals surface area contributed by atoms with Gasteiger partial charge in [0.1, 0.15) is 5.75 Å². The summed E-state index contributed by atoms with van der Waals surface area (Å²) in [6, 6.07) is 6.60. The van der Waals surface area contributed by atoms with E-state index in [0.29, 0.717) is 27.6 Å². The zero-order valence-corrected chi connectivity index (χ0v) is 15.8. The minimum Gasteiger partial charge on any atom is -0.482 e. The van der Waals surface area contributed by atoms with Gasteiger partial charge in [-0.3, -0.25) is 9.59 Å². The molecule has 1 N–H and O–H groups in total. The molecule has 6 nitrogen and oxygen atoms in total. The van der Waals surface area contributed by atoms with Crippen molar-refractivity contribution in [2.24, 2.45) is 0 Å². The number of halogens is 1. The van der Waals surface area contributed by atoms with Crippen molar-refractivity contribution in [3.05, 3.63) is 51.8 Å². The molecule has 0 bridgehead atoms. The number of aryl methyl sites for hydroxylation is 1. The summed E-state index contributed by atoms with van der Waals surface area (Å²) in [5.74, 6) is -0.794. The van der Waals surface area contributed by atoms with Gasteiger partial charge in [0.2, 0.25) is 5.78 Å². The summed E-state index contributed by atoms with van der Waals surface area (Å²) in [5, 5.41) is 0.485. The highest BCUT2D eigenvalue weighted by molar-refractivity contribution is 6.30. The molecule has 1 aromatic heterocycles. The second-order valence-corrected chi connectivity index (χ2v) is 6.36. The van der Waals surface area contributed by atoms with Crippen LogP contribution in [0.4, 0.5) is 0 Å². The first kappa shape index (κ1) is 19.7. The van der Waals surface area contributed by atoms with Crippen LogP contribution in [-0.2, 0) is 9.53 Å². The fraction of sp³-hybridized carbons (Fsp3) is 0.316. The fourth-order valence-electron chi connectivity index (χ4n) is 2.71. The summed E-state index contributed by atoms with van der Waals surface area (Å²) < 4.78 is 10.4. The minimum absolute atomic E-state index is 0.130. The maximum atomic E-state index is 12.5. The number of esters is 1. The molecule has 0 aliphatic heterocycles. The summed E-state index contributed by atoms with van der Waals surface area (Å²) in [7, 11) is 0. The molecule has 0 saturated heterocycles. The number of nitrogens with one attached hydrogen (secondary N) is 1. The van der Waals surface area contributed by atoms with Crippen LogP contribution in [0.1, 0.15) is 46.0 Å². The Morgan fingerprint density at radius 3 is 2.50 bits per heavy atom. The molecule has 0 fully saturated rings. The second-order valence-electron chi connectivity index (χ2n) is 5.92. The minimum atomic E-state index is -1.01. The molecule has 0 amide bonds. The molecule has 0 spiro atoms. The van der Waals surface area contributed by atoms with Crippen LogP contribution in [0.2, 0.25) is 5.02 Å². The van der Waals surface area contributed by atoms with Gasteiger partial charge in [0, 0.05) is 16.3 Å². The molecule has 0 unspecified atom stereocenters. The van der Waals surface area contributed by atoms with E-state index in [4.69, 9.17) is 21.1 Å². The second kappa shape index (κ2) is 8.19. The smallest absolute Gasteiger partial charge is 0.344 e. The number of aromatic nitrogens is 1. The zero-order chi connectivity index (χ0) is 19.4. The molecule has 0 aliphatic rings. The molecule has 2 rings (SSSR count). The molecule has 138 valence electrons. The Morgan fingerprint density at radius 2 is 1.92 bits per heavy atom. The Bertz CT molecular complexity index is 856. The highest BCUT2D eigenvalue weighted by Crippen LogP contribution is 2.21. The number of carbonyl (C=O) groups excluding carboxylic acids is 3. The molecule has 0 radical (unpaired) electrons. The molecule has 1 heterocycles. The Balaban J connectivity index is 1.99. The first-order valence-electron chi connectivity index (χ1n) is 8.02. The van der Waals surface area contributed by atoms with Gasteiger partial charge in [0.25, 0.3) is 0 Å². The van der Waals surface area contributed by atoms with Crippen LogP contribution in [0, 0.1) is 13.8 Å². The Hall–Kier alpha value is -2.60. The number of hydrogen-bond acceptors (Lipinski definition) is 5. The first-order valence-corrected chi connectivity index (χ1v) is 8.40. The topological polar surface area (TPSA) is 85.5 Å². The molecule has 2 aromatic rings. The molecule has 26 heavy (non-hydrogen) atoms. The van der Waals surface area contributed by atoms with Crippen molar-refractivity contribution in [3.8, 4) is 5.75 Å². The van der Waals surface area contributed by atoms with Gasteiger partial charge in [-0.05, 0) is 51.5 Å². The summed E-state index contributed by atoms with van der Waals surface area (Å²) in [6.07, 6.45) is -1.01. The van der Waals surface area contributed by atoms with Crippen molar-refractivity contribution in [3.63, 3.8) is 0 Å². The number of H-pyrrole nitrogens is 1. The third kappa shape index (κ3) is 4.52. The van der Waals surface area contributed by atoms with Crippen LogP contribution < -0.4 is 4.74 Å². The number of carbonyl (C=O) groups is 3. The van der Waals surface area contributed by atoms with Gasteiger partial charge < -0.3 is 14.5 Å². The van der Waals surface area contributed by atoms with E-state index in [1.165, 1.54) is 13.8 Å². The number of aromatic amines is 1. The zero-order valence-electron chi connectivity index (χ0n) is 15.0. The van der Waals surface area contributed by atoms with Crippen LogP contribution in [-0.4, -0.2) is 35.2 Å². The molecular weight excluding hydrogens is 358 g/mol. The Labute approximate surface area is 156 Å². The van der Waals surface area contributed by atoms with Crippen molar-refractivity contribution >= 4 is 29.1 Å². The van der Waals surface area contributed by atoms with Crippen LogP contribution in [0.3, 0.4) is 0 Å². The average Bonchev–Trinajstić information content (AvgIpc) is 2.86. The molecule has 7 heteroatoms. The molecule has 1 aromatic carbocycles.